The molecule has 0 saturated carbocycles. The molecule has 4 aromatic rings. The van der Waals surface area contributed by atoms with Crippen LogP contribution in [-0.4, -0.2) is 23.8 Å². The number of benzene rings is 4. The molecule has 4 aromatic carbocycles. The number of hydrogen-bond donors (Lipinski definition) is 8. The summed E-state index contributed by atoms with van der Waals surface area (Å²) in [6.07, 6.45) is 2.77. The van der Waals surface area contributed by atoms with Crippen molar-refractivity contribution >= 4 is 23.8 Å². The van der Waals surface area contributed by atoms with E-state index in [9.17, 15) is 0 Å². The first-order valence-electron chi connectivity index (χ1n) is 15.6. The van der Waals surface area contributed by atoms with Crippen molar-refractivity contribution in [1.82, 2.24) is 0 Å². The summed E-state index contributed by atoms with van der Waals surface area (Å²) in [6, 6.07) is 26.2. The van der Waals surface area contributed by atoms with Gasteiger partial charge in [0.25, 0.3) is 0 Å². The van der Waals surface area contributed by atoms with E-state index in [4.69, 9.17) is 45.9 Å². The zero-order valence-electron chi connectivity index (χ0n) is 27.0. The van der Waals surface area contributed by atoms with Crippen molar-refractivity contribution in [3.8, 4) is 0 Å². The monoisotopic (exact) mass is 644 g/mol. The molecular formula is C36H44N12. The fourth-order valence-electron chi connectivity index (χ4n) is 6.21. The second-order valence-corrected chi connectivity index (χ2v) is 12.3. The van der Waals surface area contributed by atoms with Gasteiger partial charge in [-0.3, -0.25) is 0 Å². The zero-order valence-corrected chi connectivity index (χ0v) is 27.0. The number of hydrogen-bond acceptors (Lipinski definition) is 4. The molecule has 16 N–H and O–H groups in total. The Balaban J connectivity index is 1.68. The molecule has 0 amide bonds. The molecule has 0 heterocycles. The summed E-state index contributed by atoms with van der Waals surface area (Å²) in [5, 5.41) is 0. The number of nitrogens with zero attached hydrogens (tertiary/aromatic N) is 4. The summed E-state index contributed by atoms with van der Waals surface area (Å²) < 4.78 is 0. The van der Waals surface area contributed by atoms with E-state index in [0.29, 0.717) is 51.9 Å². The Hall–Kier alpha value is -6.04. The summed E-state index contributed by atoms with van der Waals surface area (Å²) in [7, 11) is 0. The van der Waals surface area contributed by atoms with Crippen molar-refractivity contribution in [2.24, 2.45) is 65.8 Å². The van der Waals surface area contributed by atoms with Gasteiger partial charge in [-0.05, 0) is 92.4 Å². The van der Waals surface area contributed by atoms with Gasteiger partial charge in [0, 0.05) is 0 Å². The van der Waals surface area contributed by atoms with Crippen LogP contribution in [0.5, 0.6) is 0 Å². The van der Waals surface area contributed by atoms with Gasteiger partial charge in [0.1, 0.15) is 0 Å². The Labute approximate surface area is 280 Å². The average Bonchev–Trinajstić information content (AvgIpc) is 3.00. The Kier molecular flexibility index (Phi) is 10.4. The molecule has 8 bridgehead atoms. The van der Waals surface area contributed by atoms with E-state index in [0.717, 1.165) is 66.8 Å². The van der Waals surface area contributed by atoms with E-state index in [-0.39, 0.29) is 23.8 Å². The summed E-state index contributed by atoms with van der Waals surface area (Å²) in [5.74, 6) is 0.205. The average molecular weight is 645 g/mol. The molecule has 0 aromatic heterocycles. The van der Waals surface area contributed by atoms with E-state index >= 15 is 0 Å². The third-order valence-electron chi connectivity index (χ3n) is 7.86. The van der Waals surface area contributed by atoms with Gasteiger partial charge in [0.15, 0.2) is 23.8 Å². The van der Waals surface area contributed by atoms with Crippen molar-refractivity contribution < 1.29 is 0 Å². The van der Waals surface area contributed by atoms with Gasteiger partial charge in [-0.1, -0.05) is 72.8 Å². The Morgan fingerprint density at radius 1 is 0.312 bits per heavy atom. The van der Waals surface area contributed by atoms with Crippen molar-refractivity contribution in [1.29, 1.82) is 0 Å². The molecule has 0 saturated heterocycles. The number of rotatable bonds is 8. The van der Waals surface area contributed by atoms with Crippen molar-refractivity contribution in [2.75, 3.05) is 0 Å². The lowest BCUT2D eigenvalue weighted by Gasteiger charge is -2.16. The molecule has 248 valence electrons. The standard InChI is InChI=1S/C36H44N12/c37-33(38)45-17-29-9-21-1-22(10-29)6-24-3-26(14-31(12-24)19-47-35(41)42)8-28-4-27(15-32(16-28)20-48-36(43)44)7-25-2-23(5-21)11-30(13-25)18-46-34(39)40/h1-4,9-16H,5-8,17-20H2,(H4,37,38,45)(H4,39,40,46)(H4,41,42,47)(H4,43,44,48). The highest BCUT2D eigenvalue weighted by Crippen LogP contribution is 2.26. The molecule has 0 unspecified atom stereocenters. The number of guanidine groups is 4. The molecule has 1 aliphatic carbocycles. The van der Waals surface area contributed by atoms with Crippen molar-refractivity contribution in [3.63, 3.8) is 0 Å². The number of nitrogens with two attached hydrogens (primary N) is 8. The third-order valence-corrected chi connectivity index (χ3v) is 7.86. The van der Waals surface area contributed by atoms with E-state index < -0.39 is 0 Å². The van der Waals surface area contributed by atoms with Gasteiger partial charge in [-0.2, -0.15) is 0 Å². The summed E-state index contributed by atoms with van der Waals surface area (Å²) in [6.45, 7) is 1.52. The maximum atomic E-state index is 5.70. The zero-order chi connectivity index (χ0) is 34.2. The summed E-state index contributed by atoms with van der Waals surface area (Å²) in [4.78, 5) is 17.2. The van der Waals surface area contributed by atoms with Gasteiger partial charge in [0.05, 0.1) is 26.2 Å². The first-order valence-corrected chi connectivity index (χ1v) is 15.6. The molecule has 12 heteroatoms. The SMILES string of the molecule is NC(N)=NCc1cc2cc(c1)Cc1cc(CN=C(N)N)cc(c1)Cc1cc(CN=C(N)N)cc(c1)Cc1cc(CN=C(N)N)cc(c1)C2. The second kappa shape index (κ2) is 15.0. The summed E-state index contributed by atoms with van der Waals surface area (Å²) >= 11 is 0. The third kappa shape index (κ3) is 9.98. The van der Waals surface area contributed by atoms with Crippen LogP contribution in [0.1, 0.15) is 66.8 Å². The highest BCUT2D eigenvalue weighted by Gasteiger charge is 2.12. The fraction of sp³-hybridized carbons (Fsp3) is 0.222. The quantitative estimate of drug-likeness (QED) is 0.0903. The van der Waals surface area contributed by atoms with Crippen LogP contribution in [0.2, 0.25) is 0 Å². The van der Waals surface area contributed by atoms with Crippen LogP contribution in [0.3, 0.4) is 0 Å². The molecule has 12 nitrogen and oxygen atoms in total. The first kappa shape index (κ1) is 33.3. The maximum absolute atomic E-state index is 5.70. The van der Waals surface area contributed by atoms with Gasteiger partial charge in [0.2, 0.25) is 0 Å². The predicted molar refractivity (Wildman–Crippen MR) is 195 cm³/mol. The minimum absolute atomic E-state index is 0.0511. The molecule has 0 atom stereocenters. The van der Waals surface area contributed by atoms with E-state index in [1.54, 1.807) is 0 Å². The fourth-order valence-corrected chi connectivity index (χ4v) is 6.21. The van der Waals surface area contributed by atoms with Crippen LogP contribution in [0, 0.1) is 0 Å². The Bertz CT molecular complexity index is 1550. The van der Waals surface area contributed by atoms with Crippen LogP contribution in [-0.2, 0) is 51.9 Å². The van der Waals surface area contributed by atoms with Gasteiger partial charge >= 0.3 is 0 Å². The van der Waals surface area contributed by atoms with Crippen LogP contribution >= 0.6 is 0 Å². The van der Waals surface area contributed by atoms with Crippen molar-refractivity contribution in [3.05, 3.63) is 140 Å². The largest absolute Gasteiger partial charge is 0.370 e. The van der Waals surface area contributed by atoms with Gasteiger partial charge in [-0.25, -0.2) is 20.0 Å². The van der Waals surface area contributed by atoms with E-state index in [1.807, 2.05) is 0 Å². The summed E-state index contributed by atoms with van der Waals surface area (Å²) in [5.41, 5.74) is 58.8. The van der Waals surface area contributed by atoms with Crippen LogP contribution in [0.15, 0.2) is 92.8 Å². The molecule has 0 spiro atoms. The number of aliphatic imine (C=N–C) groups is 4. The highest BCUT2D eigenvalue weighted by molar-refractivity contribution is 5.76. The lowest BCUT2D eigenvalue weighted by molar-refractivity contribution is 0.994. The maximum Gasteiger partial charge on any atom is 0.186 e. The molecule has 5 rings (SSSR count). The number of fused-ring (bicyclic) bond motifs is 8. The van der Waals surface area contributed by atoms with Crippen LogP contribution in [0.25, 0.3) is 0 Å². The lowest BCUT2D eigenvalue weighted by Crippen LogP contribution is -2.22. The first-order chi connectivity index (χ1) is 22.9. The smallest absolute Gasteiger partial charge is 0.186 e. The molecule has 0 fully saturated rings. The highest BCUT2D eigenvalue weighted by atomic mass is 15.0. The molecule has 0 aliphatic heterocycles. The molecule has 48 heavy (non-hydrogen) atoms. The molecule has 1 aliphatic rings. The minimum atomic E-state index is 0.0511. The van der Waals surface area contributed by atoms with Crippen LogP contribution < -0.4 is 45.9 Å². The second-order valence-electron chi connectivity index (χ2n) is 12.3. The van der Waals surface area contributed by atoms with E-state index in [1.165, 1.54) is 0 Å². The lowest BCUT2D eigenvalue weighted by atomic mass is 9.90. The molecule has 0 radical (unpaired) electrons. The Morgan fingerprint density at radius 3 is 0.625 bits per heavy atom. The van der Waals surface area contributed by atoms with Gasteiger partial charge < -0.3 is 45.9 Å². The van der Waals surface area contributed by atoms with Crippen LogP contribution in [0.4, 0.5) is 0 Å². The minimum Gasteiger partial charge on any atom is -0.370 e. The van der Waals surface area contributed by atoms with E-state index in [2.05, 4.69) is 92.8 Å². The molecular weight excluding hydrogens is 600 g/mol. The normalized spacial score (nSPS) is 12.0. The predicted octanol–water partition coefficient (Wildman–Crippen LogP) is 1.46. The Morgan fingerprint density at radius 2 is 0.479 bits per heavy atom. The van der Waals surface area contributed by atoms with Crippen molar-refractivity contribution in [2.45, 2.75) is 51.9 Å². The van der Waals surface area contributed by atoms with Gasteiger partial charge in [-0.15, -0.1) is 0 Å². The topological polar surface area (TPSA) is 258 Å².